The van der Waals surface area contributed by atoms with E-state index in [1.807, 2.05) is 13.0 Å². The van der Waals surface area contributed by atoms with Crippen molar-refractivity contribution in [1.29, 1.82) is 0 Å². The smallest absolute Gasteiger partial charge is 0.229 e. The third-order valence-electron chi connectivity index (χ3n) is 7.25. The summed E-state index contributed by atoms with van der Waals surface area (Å²) < 4.78 is 36.7. The highest BCUT2D eigenvalue weighted by atomic mass is 19.1. The van der Waals surface area contributed by atoms with Gasteiger partial charge >= 0.3 is 0 Å². The number of nitrogens with one attached hydrogen (secondary N) is 1. The first-order valence-corrected chi connectivity index (χ1v) is 12.3. The summed E-state index contributed by atoms with van der Waals surface area (Å²) in [5, 5.41) is 28.4. The van der Waals surface area contributed by atoms with Crippen molar-refractivity contribution < 1.29 is 23.7 Å². The monoisotopic (exact) mass is 523 g/mol. The molecule has 4 aromatic rings. The molecule has 10 nitrogen and oxygen atoms in total. The summed E-state index contributed by atoms with van der Waals surface area (Å²) >= 11 is 0. The molecule has 5 N–H and O–H groups in total. The molecular weight excluding hydrogens is 496 g/mol. The Hall–Kier alpha value is -3.71. The Labute approximate surface area is 216 Å². The zero-order chi connectivity index (χ0) is 26.6. The van der Waals surface area contributed by atoms with Gasteiger partial charge in [0.25, 0.3) is 0 Å². The third kappa shape index (κ3) is 4.15. The van der Waals surface area contributed by atoms with Crippen LogP contribution < -0.4 is 16.0 Å². The van der Waals surface area contributed by atoms with E-state index in [1.165, 1.54) is 10.6 Å². The molecule has 5 heterocycles. The third-order valence-corrected chi connectivity index (χ3v) is 7.25. The van der Waals surface area contributed by atoms with Crippen molar-refractivity contribution in [3.05, 3.63) is 66.1 Å². The number of aliphatic hydroxyl groups is 2. The fourth-order valence-electron chi connectivity index (χ4n) is 5.04. The van der Waals surface area contributed by atoms with Crippen molar-refractivity contribution in [3.63, 3.8) is 0 Å². The lowest BCUT2D eigenvalue weighted by molar-refractivity contribution is -0.184. The molecule has 3 atom stereocenters. The maximum atomic E-state index is 15.1. The molecule has 1 aromatic carbocycles. The lowest BCUT2D eigenvalue weighted by atomic mass is 9.90. The van der Waals surface area contributed by atoms with Gasteiger partial charge in [-0.05, 0) is 35.9 Å². The first-order chi connectivity index (χ1) is 18.2. The van der Waals surface area contributed by atoms with Gasteiger partial charge in [0, 0.05) is 31.2 Å². The molecule has 12 heteroatoms. The van der Waals surface area contributed by atoms with Gasteiger partial charge in [0.2, 0.25) is 5.95 Å². The van der Waals surface area contributed by atoms with Crippen molar-refractivity contribution in [3.8, 4) is 11.3 Å². The number of halogens is 2. The van der Waals surface area contributed by atoms with Crippen LogP contribution in [0.4, 0.5) is 26.1 Å². The summed E-state index contributed by atoms with van der Waals surface area (Å²) in [5.41, 5.74) is 6.72. The van der Waals surface area contributed by atoms with E-state index < -0.39 is 29.4 Å². The first-order valence-electron chi connectivity index (χ1n) is 12.3. The number of rotatable bonds is 5. The minimum atomic E-state index is -1.39. The largest absolute Gasteiger partial charge is 0.391 e. The van der Waals surface area contributed by atoms with Crippen LogP contribution in [0.5, 0.6) is 0 Å². The number of ether oxygens (including phenoxy) is 1. The maximum absolute atomic E-state index is 15.1. The number of imidazole rings is 1. The number of aromatic nitrogens is 4. The van der Waals surface area contributed by atoms with Gasteiger partial charge in [0.05, 0.1) is 59.9 Å². The second-order valence-electron chi connectivity index (χ2n) is 10.0. The predicted molar refractivity (Wildman–Crippen MR) is 136 cm³/mol. The Bertz CT molecular complexity index is 1470. The van der Waals surface area contributed by atoms with Crippen LogP contribution in [-0.2, 0) is 10.3 Å². The number of benzene rings is 1. The highest BCUT2D eigenvalue weighted by Gasteiger charge is 2.39. The van der Waals surface area contributed by atoms with Crippen LogP contribution in [0.1, 0.15) is 12.5 Å². The normalized spacial score (nSPS) is 22.9. The summed E-state index contributed by atoms with van der Waals surface area (Å²) in [6, 6.07) is 6.86. The molecule has 0 unspecified atom stereocenters. The zero-order valence-corrected chi connectivity index (χ0v) is 20.6. The average Bonchev–Trinajstić information content (AvgIpc) is 3.27. The fourth-order valence-corrected chi connectivity index (χ4v) is 5.04. The number of nitrogens with zero attached hydrogens (tertiary/aromatic N) is 5. The van der Waals surface area contributed by atoms with Gasteiger partial charge in [0.15, 0.2) is 0 Å². The number of aliphatic hydroxyl groups excluding tert-OH is 1. The van der Waals surface area contributed by atoms with E-state index in [1.54, 1.807) is 24.7 Å². The maximum Gasteiger partial charge on any atom is 0.229 e. The molecule has 6 rings (SSSR count). The van der Waals surface area contributed by atoms with E-state index >= 15 is 8.78 Å². The summed E-state index contributed by atoms with van der Waals surface area (Å²) in [6.07, 6.45) is 4.33. The van der Waals surface area contributed by atoms with Gasteiger partial charge in [-0.3, -0.25) is 4.98 Å². The lowest BCUT2D eigenvalue weighted by Gasteiger charge is -2.40. The van der Waals surface area contributed by atoms with Crippen molar-refractivity contribution in [2.75, 3.05) is 36.5 Å². The van der Waals surface area contributed by atoms with Crippen LogP contribution in [0.3, 0.4) is 0 Å². The Balaban J connectivity index is 1.34. The Kier molecular flexibility index (Phi) is 5.99. The van der Waals surface area contributed by atoms with Gasteiger partial charge in [-0.15, -0.1) is 0 Å². The van der Waals surface area contributed by atoms with E-state index in [0.717, 1.165) is 17.8 Å². The molecule has 0 bridgehead atoms. The van der Waals surface area contributed by atoms with Gasteiger partial charge in [-0.2, -0.15) is 9.61 Å². The highest BCUT2D eigenvalue weighted by molar-refractivity contribution is 5.74. The molecule has 0 amide bonds. The summed E-state index contributed by atoms with van der Waals surface area (Å²) in [4.78, 5) is 10.7. The number of pyridine rings is 1. The number of hydrogen-bond acceptors (Lipinski definition) is 9. The Morgan fingerprint density at radius 3 is 2.58 bits per heavy atom. The molecule has 0 saturated carbocycles. The molecule has 0 spiro atoms. The van der Waals surface area contributed by atoms with Gasteiger partial charge in [0.1, 0.15) is 17.2 Å². The molecule has 198 valence electrons. The zero-order valence-electron chi connectivity index (χ0n) is 20.6. The molecule has 2 saturated heterocycles. The van der Waals surface area contributed by atoms with Crippen LogP contribution in [0.2, 0.25) is 0 Å². The van der Waals surface area contributed by atoms with Crippen molar-refractivity contribution in [1.82, 2.24) is 19.6 Å². The van der Waals surface area contributed by atoms with E-state index in [-0.39, 0.29) is 36.0 Å². The predicted octanol–water partition coefficient (Wildman–Crippen LogP) is 2.18. The molecule has 0 aliphatic carbocycles. The van der Waals surface area contributed by atoms with Crippen LogP contribution in [0.15, 0.2) is 48.9 Å². The molecule has 0 radical (unpaired) electrons. The molecule has 3 aromatic heterocycles. The van der Waals surface area contributed by atoms with E-state index in [9.17, 15) is 10.2 Å². The molecular formula is C26H27F2N7O3. The minimum absolute atomic E-state index is 0.0152. The summed E-state index contributed by atoms with van der Waals surface area (Å²) in [7, 11) is 0. The second-order valence-corrected chi connectivity index (χ2v) is 10.0. The molecule has 2 fully saturated rings. The van der Waals surface area contributed by atoms with Crippen molar-refractivity contribution in [2.24, 2.45) is 11.7 Å². The molecule has 38 heavy (non-hydrogen) atoms. The van der Waals surface area contributed by atoms with Crippen molar-refractivity contribution in [2.45, 2.75) is 24.7 Å². The van der Waals surface area contributed by atoms with Crippen LogP contribution in [0, 0.1) is 17.6 Å². The second kappa shape index (κ2) is 9.24. The van der Waals surface area contributed by atoms with E-state index in [0.29, 0.717) is 30.2 Å². The van der Waals surface area contributed by atoms with Gasteiger partial charge in [-0.25, -0.2) is 13.8 Å². The number of piperidine rings is 1. The van der Waals surface area contributed by atoms with Crippen molar-refractivity contribution >= 4 is 22.8 Å². The number of nitrogens with two attached hydrogens (primary N) is 1. The van der Waals surface area contributed by atoms with Crippen LogP contribution in [-0.4, -0.2) is 68.2 Å². The topological polar surface area (TPSA) is 134 Å². The quantitative estimate of drug-likeness (QED) is 0.311. The Morgan fingerprint density at radius 2 is 1.89 bits per heavy atom. The number of hydrogen-bond donors (Lipinski definition) is 4. The summed E-state index contributed by atoms with van der Waals surface area (Å²) in [5.74, 6) is -1.38. The number of anilines is 3. The highest BCUT2D eigenvalue weighted by Crippen LogP contribution is 2.35. The first kappa shape index (κ1) is 24.6. The average molecular weight is 524 g/mol. The molecule has 2 aliphatic heterocycles. The fraction of sp³-hybridized carbons (Fsp3) is 0.346. The lowest BCUT2D eigenvalue weighted by Crippen LogP contribution is -2.55. The van der Waals surface area contributed by atoms with Crippen LogP contribution in [0.25, 0.3) is 16.8 Å². The standard InChI is InChI=1S/C26H27F2N7O3/c1-14-10-34(11-19(29)24(14)36)22-4-5-30-9-21(22)32-25-31-8-16-2-3-20(33-35(16)25)23-17(27)6-15(7-18(23)28)26(37)12-38-13-26/h2-9,14,19,24,36-37H,10-13,29H2,1H3,(H,31,32)/t14-,19+,24+/m0/s1. The SMILES string of the molecule is C[C@H]1CN(c2ccncc2Nc2ncc3ccc(-c4c(F)cc(C5(O)COC5)cc4F)nn23)C[C@@H](N)[C@@H]1O. The van der Waals surface area contributed by atoms with Gasteiger partial charge in [-0.1, -0.05) is 6.92 Å². The van der Waals surface area contributed by atoms with E-state index in [2.05, 4.69) is 25.3 Å². The van der Waals surface area contributed by atoms with Crippen LogP contribution >= 0.6 is 0 Å². The van der Waals surface area contributed by atoms with E-state index in [4.69, 9.17) is 10.5 Å². The minimum Gasteiger partial charge on any atom is -0.391 e. The summed E-state index contributed by atoms with van der Waals surface area (Å²) in [6.45, 7) is 2.99. The van der Waals surface area contributed by atoms with Gasteiger partial charge < -0.3 is 30.9 Å². The molecule has 2 aliphatic rings. The number of fused-ring (bicyclic) bond motifs is 1. The Morgan fingerprint density at radius 1 is 1.13 bits per heavy atom.